The molecule has 0 unspecified atom stereocenters. The summed E-state index contributed by atoms with van der Waals surface area (Å²) in [6, 6.07) is 6.22. The third kappa shape index (κ3) is 3.32. The molecule has 1 aromatic carbocycles. The highest BCUT2D eigenvalue weighted by Gasteiger charge is 2.01. The van der Waals surface area contributed by atoms with Gasteiger partial charge in [-0.1, -0.05) is 23.8 Å². The fourth-order valence-electron chi connectivity index (χ4n) is 1.42. The quantitative estimate of drug-likeness (QED) is 0.455. The van der Waals surface area contributed by atoms with Crippen molar-refractivity contribution in [3.05, 3.63) is 34.9 Å². The summed E-state index contributed by atoms with van der Waals surface area (Å²) in [6.07, 6.45) is 0. The van der Waals surface area contributed by atoms with E-state index >= 15 is 0 Å². The maximum Gasteiger partial charge on any atom is 0.184 e. The van der Waals surface area contributed by atoms with E-state index in [1.165, 1.54) is 11.1 Å². The Morgan fingerprint density at radius 1 is 1.40 bits per heavy atom. The van der Waals surface area contributed by atoms with Gasteiger partial charge in [0.1, 0.15) is 0 Å². The van der Waals surface area contributed by atoms with Crippen molar-refractivity contribution < 1.29 is 0 Å². The molecule has 0 fully saturated rings. The van der Waals surface area contributed by atoms with Gasteiger partial charge in [-0.3, -0.25) is 5.43 Å². The number of aryl methyl sites for hydroxylation is 2. The van der Waals surface area contributed by atoms with Crippen LogP contribution in [0.25, 0.3) is 0 Å². The zero-order valence-electron chi connectivity index (χ0n) is 9.16. The molecule has 0 saturated carbocycles. The Morgan fingerprint density at radius 2 is 2.07 bits per heavy atom. The van der Waals surface area contributed by atoms with Crippen molar-refractivity contribution in [1.82, 2.24) is 5.43 Å². The van der Waals surface area contributed by atoms with E-state index in [9.17, 15) is 0 Å². The molecule has 0 saturated heterocycles. The third-order valence-corrected chi connectivity index (χ3v) is 2.20. The maximum absolute atomic E-state index is 5.29. The van der Waals surface area contributed by atoms with Crippen molar-refractivity contribution in [2.24, 2.45) is 10.8 Å². The first-order valence-corrected chi connectivity index (χ1v) is 5.09. The van der Waals surface area contributed by atoms with Crippen molar-refractivity contribution in [1.29, 1.82) is 0 Å². The molecule has 1 rings (SSSR count). The molecule has 0 aromatic heterocycles. The Kier molecular flexibility index (Phi) is 3.80. The molecular weight excluding hydrogens is 206 g/mol. The standard InChI is InChI=1S/C11H15N3S/c1-7-4-5-10(8(2)6-7)9(3)13-14-11(12)15/h4-6H,1-3H3,(H3,12,14,15)/b13-9+. The average molecular weight is 221 g/mol. The monoisotopic (exact) mass is 221 g/mol. The topological polar surface area (TPSA) is 50.4 Å². The predicted molar refractivity (Wildman–Crippen MR) is 68.0 cm³/mol. The number of hydrogen-bond acceptors (Lipinski definition) is 2. The van der Waals surface area contributed by atoms with Gasteiger partial charge in [-0.2, -0.15) is 5.10 Å². The van der Waals surface area contributed by atoms with Crippen molar-refractivity contribution in [3.8, 4) is 0 Å². The first kappa shape index (κ1) is 11.7. The predicted octanol–water partition coefficient (Wildman–Crippen LogP) is 1.86. The number of benzene rings is 1. The lowest BCUT2D eigenvalue weighted by atomic mass is 10.0. The first-order valence-electron chi connectivity index (χ1n) is 4.68. The second-order valence-corrected chi connectivity index (χ2v) is 3.93. The highest BCUT2D eigenvalue weighted by molar-refractivity contribution is 7.80. The first-order chi connectivity index (χ1) is 7.00. The van der Waals surface area contributed by atoms with Crippen LogP contribution < -0.4 is 11.2 Å². The van der Waals surface area contributed by atoms with Gasteiger partial charge in [0.15, 0.2) is 5.11 Å². The zero-order chi connectivity index (χ0) is 11.4. The molecule has 0 aliphatic carbocycles. The number of rotatable bonds is 2. The molecule has 0 aliphatic rings. The zero-order valence-corrected chi connectivity index (χ0v) is 9.98. The van der Waals surface area contributed by atoms with Crippen LogP contribution in [0.1, 0.15) is 23.6 Å². The molecule has 0 bridgehead atoms. The van der Waals surface area contributed by atoms with Gasteiger partial charge in [0.2, 0.25) is 0 Å². The van der Waals surface area contributed by atoms with Gasteiger partial charge >= 0.3 is 0 Å². The van der Waals surface area contributed by atoms with Crippen LogP contribution in [0.5, 0.6) is 0 Å². The minimum atomic E-state index is 0.180. The van der Waals surface area contributed by atoms with E-state index < -0.39 is 0 Å². The summed E-state index contributed by atoms with van der Waals surface area (Å²) in [7, 11) is 0. The van der Waals surface area contributed by atoms with Crippen LogP contribution >= 0.6 is 12.2 Å². The van der Waals surface area contributed by atoms with Gasteiger partial charge in [-0.25, -0.2) is 0 Å². The van der Waals surface area contributed by atoms with E-state index in [1.807, 2.05) is 13.0 Å². The van der Waals surface area contributed by atoms with Gasteiger partial charge in [0.05, 0.1) is 5.71 Å². The molecule has 3 nitrogen and oxygen atoms in total. The van der Waals surface area contributed by atoms with Crippen LogP contribution in [-0.2, 0) is 0 Å². The molecule has 3 N–H and O–H groups in total. The third-order valence-electron chi connectivity index (χ3n) is 2.11. The van der Waals surface area contributed by atoms with Crippen molar-refractivity contribution in [2.75, 3.05) is 0 Å². The smallest absolute Gasteiger partial charge is 0.184 e. The summed E-state index contributed by atoms with van der Waals surface area (Å²) in [5.41, 5.74) is 12.3. The lowest BCUT2D eigenvalue weighted by Gasteiger charge is -2.06. The lowest BCUT2D eigenvalue weighted by molar-refractivity contribution is 1.03. The van der Waals surface area contributed by atoms with Crippen molar-refractivity contribution >= 4 is 23.0 Å². The van der Waals surface area contributed by atoms with Crippen LogP contribution in [0.4, 0.5) is 0 Å². The van der Waals surface area contributed by atoms with Gasteiger partial charge < -0.3 is 5.73 Å². The second kappa shape index (κ2) is 4.89. The SMILES string of the molecule is C/C(=N\NC(N)=S)c1ccc(C)cc1C. The summed E-state index contributed by atoms with van der Waals surface area (Å²) >= 11 is 4.68. The Bertz CT molecular complexity index is 410. The van der Waals surface area contributed by atoms with Gasteiger partial charge in [-0.15, -0.1) is 0 Å². The van der Waals surface area contributed by atoms with Crippen LogP contribution in [0, 0.1) is 13.8 Å². The fraction of sp³-hybridized carbons (Fsp3) is 0.273. The second-order valence-electron chi connectivity index (χ2n) is 3.49. The molecule has 0 radical (unpaired) electrons. The molecule has 1 aromatic rings. The summed E-state index contributed by atoms with van der Waals surface area (Å²) in [5, 5.41) is 4.26. The van der Waals surface area contributed by atoms with Gasteiger partial charge in [0, 0.05) is 5.56 Å². The van der Waals surface area contributed by atoms with E-state index in [-0.39, 0.29) is 5.11 Å². The summed E-state index contributed by atoms with van der Waals surface area (Å²) in [5.74, 6) is 0. The Labute approximate surface area is 95.4 Å². The molecule has 0 spiro atoms. The Balaban J connectivity index is 2.95. The van der Waals surface area contributed by atoms with Crippen molar-refractivity contribution in [2.45, 2.75) is 20.8 Å². The summed E-state index contributed by atoms with van der Waals surface area (Å²) in [4.78, 5) is 0. The van der Waals surface area contributed by atoms with Crippen LogP contribution in [0.2, 0.25) is 0 Å². The largest absolute Gasteiger partial charge is 0.375 e. The summed E-state index contributed by atoms with van der Waals surface area (Å²) < 4.78 is 0. The highest BCUT2D eigenvalue weighted by atomic mass is 32.1. The molecule has 15 heavy (non-hydrogen) atoms. The number of hydrazone groups is 1. The van der Waals surface area contributed by atoms with Gasteiger partial charge in [-0.05, 0) is 38.6 Å². The van der Waals surface area contributed by atoms with Gasteiger partial charge in [0.25, 0.3) is 0 Å². The number of thiocarbonyl (C=S) groups is 1. The molecule has 0 atom stereocenters. The van der Waals surface area contributed by atoms with E-state index in [4.69, 9.17) is 5.73 Å². The molecule has 80 valence electrons. The average Bonchev–Trinajstić information content (AvgIpc) is 2.14. The number of nitrogens with two attached hydrogens (primary N) is 1. The molecule has 0 amide bonds. The van der Waals surface area contributed by atoms with Crippen LogP contribution in [0.3, 0.4) is 0 Å². The van der Waals surface area contributed by atoms with E-state index in [0.717, 1.165) is 11.3 Å². The maximum atomic E-state index is 5.29. The van der Waals surface area contributed by atoms with E-state index in [2.05, 4.69) is 48.7 Å². The molecule has 4 heteroatoms. The summed E-state index contributed by atoms with van der Waals surface area (Å²) in [6.45, 7) is 6.04. The lowest BCUT2D eigenvalue weighted by Crippen LogP contribution is -2.25. The Hall–Kier alpha value is -1.42. The molecule has 0 aliphatic heterocycles. The number of nitrogens with one attached hydrogen (secondary N) is 1. The number of hydrogen-bond donors (Lipinski definition) is 2. The molecule has 0 heterocycles. The minimum absolute atomic E-state index is 0.180. The number of nitrogens with zero attached hydrogens (tertiary/aromatic N) is 1. The van der Waals surface area contributed by atoms with E-state index in [0.29, 0.717) is 0 Å². The minimum Gasteiger partial charge on any atom is -0.375 e. The van der Waals surface area contributed by atoms with Crippen molar-refractivity contribution in [3.63, 3.8) is 0 Å². The fourth-order valence-corrected chi connectivity index (χ4v) is 1.46. The Morgan fingerprint density at radius 3 is 2.60 bits per heavy atom. The van der Waals surface area contributed by atoms with E-state index in [1.54, 1.807) is 0 Å². The molecular formula is C11H15N3S. The van der Waals surface area contributed by atoms with Crippen LogP contribution in [-0.4, -0.2) is 10.8 Å². The highest BCUT2D eigenvalue weighted by Crippen LogP contribution is 2.11. The normalized spacial score (nSPS) is 11.3. The van der Waals surface area contributed by atoms with Crippen LogP contribution in [0.15, 0.2) is 23.3 Å².